The van der Waals surface area contributed by atoms with Gasteiger partial charge in [-0.2, -0.15) is 0 Å². The third-order valence-corrected chi connectivity index (χ3v) is 4.12. The van der Waals surface area contributed by atoms with Crippen LogP contribution in [-0.2, 0) is 15.0 Å². The van der Waals surface area contributed by atoms with Crippen LogP contribution in [0.1, 0.15) is 45.6 Å². The van der Waals surface area contributed by atoms with Crippen LogP contribution in [0.15, 0.2) is 18.2 Å². The van der Waals surface area contributed by atoms with Crippen molar-refractivity contribution in [1.82, 2.24) is 5.32 Å². The predicted octanol–water partition coefficient (Wildman–Crippen LogP) is 2.74. The highest BCUT2D eigenvalue weighted by Gasteiger charge is 2.33. The molecule has 0 fully saturated rings. The first-order valence-electron chi connectivity index (χ1n) is 8.04. The van der Waals surface area contributed by atoms with E-state index in [1.54, 1.807) is 39.2 Å². The quantitative estimate of drug-likeness (QED) is 0.724. The molecule has 0 aliphatic heterocycles. The Hall–Kier alpha value is -2.24. The van der Waals surface area contributed by atoms with Gasteiger partial charge < -0.3 is 19.9 Å². The van der Waals surface area contributed by atoms with Crippen molar-refractivity contribution in [2.75, 3.05) is 14.2 Å². The van der Waals surface area contributed by atoms with Crippen LogP contribution in [-0.4, -0.2) is 37.2 Å². The first kappa shape index (κ1) is 19.8. The zero-order valence-electron chi connectivity index (χ0n) is 15.0. The summed E-state index contributed by atoms with van der Waals surface area (Å²) < 4.78 is 10.5. The molecule has 1 amide bonds. The zero-order chi connectivity index (χ0) is 18.3. The number of aliphatic carboxylic acids is 1. The molecule has 6 heteroatoms. The van der Waals surface area contributed by atoms with Crippen LogP contribution >= 0.6 is 0 Å². The highest BCUT2D eigenvalue weighted by atomic mass is 16.5. The first-order valence-corrected chi connectivity index (χ1v) is 8.04. The van der Waals surface area contributed by atoms with E-state index in [0.717, 1.165) is 18.4 Å². The lowest BCUT2D eigenvalue weighted by Gasteiger charge is -2.27. The lowest BCUT2D eigenvalue weighted by Crippen LogP contribution is -2.48. The molecule has 0 saturated carbocycles. The molecule has 1 rings (SSSR count). The molecule has 0 bridgehead atoms. The SMILES string of the molecule is CCCC[C@H](NC(=O)C(C)(C)c1ccc(OC)c(OC)c1)C(=O)O. The van der Waals surface area contributed by atoms with E-state index in [0.29, 0.717) is 17.9 Å². The molecule has 134 valence electrons. The number of unbranched alkanes of at least 4 members (excludes halogenated alkanes) is 1. The second kappa shape index (κ2) is 8.57. The summed E-state index contributed by atoms with van der Waals surface area (Å²) in [5, 5.41) is 11.9. The molecule has 0 aliphatic carbocycles. The van der Waals surface area contributed by atoms with Gasteiger partial charge in [0, 0.05) is 0 Å². The predicted molar refractivity (Wildman–Crippen MR) is 91.7 cm³/mol. The maximum Gasteiger partial charge on any atom is 0.326 e. The van der Waals surface area contributed by atoms with Gasteiger partial charge in [0.2, 0.25) is 5.91 Å². The van der Waals surface area contributed by atoms with Gasteiger partial charge in [-0.1, -0.05) is 25.8 Å². The van der Waals surface area contributed by atoms with E-state index in [1.807, 2.05) is 6.92 Å². The average molecular weight is 337 g/mol. The smallest absolute Gasteiger partial charge is 0.326 e. The van der Waals surface area contributed by atoms with Crippen molar-refractivity contribution in [2.45, 2.75) is 51.5 Å². The van der Waals surface area contributed by atoms with E-state index in [9.17, 15) is 14.7 Å². The lowest BCUT2D eigenvalue weighted by atomic mass is 9.83. The highest BCUT2D eigenvalue weighted by Crippen LogP contribution is 2.33. The Balaban J connectivity index is 3.00. The number of carboxylic acid groups (broad SMARTS) is 1. The van der Waals surface area contributed by atoms with Crippen LogP contribution < -0.4 is 14.8 Å². The molecule has 0 aliphatic rings. The molecule has 0 unspecified atom stereocenters. The third-order valence-electron chi connectivity index (χ3n) is 4.12. The number of hydrogen-bond acceptors (Lipinski definition) is 4. The first-order chi connectivity index (χ1) is 11.3. The van der Waals surface area contributed by atoms with Gasteiger partial charge >= 0.3 is 5.97 Å². The molecule has 1 aromatic carbocycles. The summed E-state index contributed by atoms with van der Waals surface area (Å²) in [6.07, 6.45) is 2.03. The number of methoxy groups -OCH3 is 2. The Bertz CT molecular complexity index is 583. The van der Waals surface area contributed by atoms with Gasteiger partial charge in [0.1, 0.15) is 6.04 Å². The van der Waals surface area contributed by atoms with Crippen LogP contribution in [0.3, 0.4) is 0 Å². The fraction of sp³-hybridized carbons (Fsp3) is 0.556. The summed E-state index contributed by atoms with van der Waals surface area (Å²) in [6.45, 7) is 5.49. The molecule has 0 heterocycles. The summed E-state index contributed by atoms with van der Waals surface area (Å²) in [7, 11) is 3.07. The summed E-state index contributed by atoms with van der Waals surface area (Å²) in [6, 6.07) is 4.37. The molecule has 0 spiro atoms. The van der Waals surface area contributed by atoms with Crippen LogP contribution in [0.4, 0.5) is 0 Å². The molecule has 1 atom stereocenters. The molecule has 0 saturated heterocycles. The number of carbonyl (C=O) groups excluding carboxylic acids is 1. The van der Waals surface area contributed by atoms with Crippen LogP contribution in [0.5, 0.6) is 11.5 Å². The zero-order valence-corrected chi connectivity index (χ0v) is 15.0. The van der Waals surface area contributed by atoms with Crippen LogP contribution in [0, 0.1) is 0 Å². The fourth-order valence-corrected chi connectivity index (χ4v) is 2.36. The van der Waals surface area contributed by atoms with Gasteiger partial charge in [-0.25, -0.2) is 4.79 Å². The standard InChI is InChI=1S/C18H27NO5/c1-6-7-8-13(16(20)21)19-17(22)18(2,3)12-9-10-14(23-4)15(11-12)24-5/h9-11,13H,6-8H2,1-5H3,(H,19,22)(H,20,21)/t13-/m0/s1. The summed E-state index contributed by atoms with van der Waals surface area (Å²) in [5.41, 5.74) is -0.184. The highest BCUT2D eigenvalue weighted by molar-refractivity contribution is 5.91. The molecule has 6 nitrogen and oxygen atoms in total. The molecule has 0 aromatic heterocycles. The molecular formula is C18H27NO5. The molecule has 24 heavy (non-hydrogen) atoms. The van der Waals surface area contributed by atoms with Crippen molar-refractivity contribution in [3.63, 3.8) is 0 Å². The minimum absolute atomic E-state index is 0.335. The summed E-state index contributed by atoms with van der Waals surface area (Å²) in [4.78, 5) is 24.0. The number of hydrogen-bond donors (Lipinski definition) is 2. The van der Waals surface area contributed by atoms with Crippen molar-refractivity contribution in [3.8, 4) is 11.5 Å². The monoisotopic (exact) mass is 337 g/mol. The van der Waals surface area contributed by atoms with E-state index >= 15 is 0 Å². The third kappa shape index (κ3) is 4.63. The van der Waals surface area contributed by atoms with Gasteiger partial charge in [-0.15, -0.1) is 0 Å². The largest absolute Gasteiger partial charge is 0.493 e. The van der Waals surface area contributed by atoms with Gasteiger partial charge in [-0.05, 0) is 38.0 Å². The van der Waals surface area contributed by atoms with Crippen molar-refractivity contribution in [1.29, 1.82) is 0 Å². The molecule has 2 N–H and O–H groups in total. The summed E-state index contributed by atoms with van der Waals surface area (Å²) in [5.74, 6) is -0.251. The van der Waals surface area contributed by atoms with Crippen LogP contribution in [0.25, 0.3) is 0 Å². The number of carbonyl (C=O) groups is 2. The van der Waals surface area contributed by atoms with E-state index in [2.05, 4.69) is 5.32 Å². The number of carboxylic acids is 1. The van der Waals surface area contributed by atoms with E-state index < -0.39 is 17.4 Å². The lowest BCUT2D eigenvalue weighted by molar-refractivity contribution is -0.142. The van der Waals surface area contributed by atoms with Crippen molar-refractivity contribution < 1.29 is 24.2 Å². The van der Waals surface area contributed by atoms with Gasteiger partial charge in [0.25, 0.3) is 0 Å². The number of amides is 1. The van der Waals surface area contributed by atoms with E-state index in [1.165, 1.54) is 7.11 Å². The van der Waals surface area contributed by atoms with Gasteiger partial charge in [0.15, 0.2) is 11.5 Å². The number of rotatable bonds is 9. The number of benzene rings is 1. The Morgan fingerprint density at radius 2 is 1.83 bits per heavy atom. The van der Waals surface area contributed by atoms with E-state index in [4.69, 9.17) is 9.47 Å². The number of ether oxygens (including phenoxy) is 2. The molecule has 1 aromatic rings. The minimum Gasteiger partial charge on any atom is -0.493 e. The molecular weight excluding hydrogens is 310 g/mol. The van der Waals surface area contributed by atoms with Crippen molar-refractivity contribution in [3.05, 3.63) is 23.8 Å². The Kier molecular flexibility index (Phi) is 7.07. The maximum absolute atomic E-state index is 12.7. The van der Waals surface area contributed by atoms with Crippen molar-refractivity contribution in [2.24, 2.45) is 0 Å². The Labute approximate surface area is 143 Å². The van der Waals surface area contributed by atoms with Gasteiger partial charge in [-0.3, -0.25) is 4.79 Å². The van der Waals surface area contributed by atoms with Crippen molar-refractivity contribution >= 4 is 11.9 Å². The normalized spacial score (nSPS) is 12.4. The molecule has 0 radical (unpaired) electrons. The topological polar surface area (TPSA) is 84.9 Å². The Morgan fingerprint density at radius 1 is 1.21 bits per heavy atom. The van der Waals surface area contributed by atoms with E-state index in [-0.39, 0.29) is 5.91 Å². The maximum atomic E-state index is 12.7. The Morgan fingerprint density at radius 3 is 2.33 bits per heavy atom. The summed E-state index contributed by atoms with van der Waals surface area (Å²) >= 11 is 0. The van der Waals surface area contributed by atoms with Crippen LogP contribution in [0.2, 0.25) is 0 Å². The minimum atomic E-state index is -1.01. The average Bonchev–Trinajstić information content (AvgIpc) is 2.57. The number of nitrogens with one attached hydrogen (secondary N) is 1. The van der Waals surface area contributed by atoms with Gasteiger partial charge in [0.05, 0.1) is 19.6 Å². The second-order valence-electron chi connectivity index (χ2n) is 6.20. The fourth-order valence-electron chi connectivity index (χ4n) is 2.36. The second-order valence-corrected chi connectivity index (χ2v) is 6.20.